The second-order valence-corrected chi connectivity index (χ2v) is 7.59. The van der Waals surface area contributed by atoms with Crippen LogP contribution in [0.2, 0.25) is 0 Å². The number of carbonyl (C=O) groups is 1. The molecule has 2 aromatic heterocycles. The summed E-state index contributed by atoms with van der Waals surface area (Å²) < 4.78 is 0. The number of hydrogen-bond acceptors (Lipinski definition) is 3. The van der Waals surface area contributed by atoms with Crippen LogP contribution in [-0.2, 0) is 0 Å². The molecule has 1 aliphatic heterocycles. The van der Waals surface area contributed by atoms with Gasteiger partial charge < -0.3 is 4.90 Å². The number of likely N-dealkylation sites (tertiary alicyclic amines) is 1. The van der Waals surface area contributed by atoms with E-state index in [2.05, 4.69) is 42.2 Å². The summed E-state index contributed by atoms with van der Waals surface area (Å²) in [6.45, 7) is 5.72. The lowest BCUT2D eigenvalue weighted by Crippen LogP contribution is -2.27. The fraction of sp³-hybridized carbons (Fsp3) is 0.300. The number of rotatable bonds is 2. The fourth-order valence-corrected chi connectivity index (χ4v) is 4.65. The zero-order chi connectivity index (χ0) is 16.7. The Kier molecular flexibility index (Phi) is 3.85. The van der Waals surface area contributed by atoms with Gasteiger partial charge in [-0.1, -0.05) is 30.3 Å². The molecule has 1 atom stereocenters. The highest BCUT2D eigenvalue weighted by molar-refractivity contribution is 7.20. The van der Waals surface area contributed by atoms with Gasteiger partial charge in [0, 0.05) is 30.1 Å². The predicted octanol–water partition coefficient (Wildman–Crippen LogP) is 4.54. The molecular weight excluding hydrogens is 316 g/mol. The summed E-state index contributed by atoms with van der Waals surface area (Å²) in [7, 11) is 0. The van der Waals surface area contributed by atoms with Crippen LogP contribution in [-0.4, -0.2) is 28.9 Å². The van der Waals surface area contributed by atoms with Crippen LogP contribution in [0.1, 0.15) is 38.8 Å². The standard InChI is InChI=1S/C20H20N2OS/c1-13-10-14(2)21-19-17(13)11-18(24-19)20(23)22-9-8-16(12-22)15-6-4-3-5-7-15/h3-7,10-11,16H,8-9,12H2,1-2H3. The summed E-state index contributed by atoms with van der Waals surface area (Å²) in [5.74, 6) is 0.597. The van der Waals surface area contributed by atoms with Crippen LogP contribution >= 0.6 is 11.3 Å². The van der Waals surface area contributed by atoms with Gasteiger partial charge >= 0.3 is 0 Å². The Hall–Kier alpha value is -2.20. The number of pyridine rings is 1. The summed E-state index contributed by atoms with van der Waals surface area (Å²) in [6, 6.07) is 14.6. The summed E-state index contributed by atoms with van der Waals surface area (Å²) in [6.07, 6.45) is 1.04. The molecule has 3 heterocycles. The molecule has 4 rings (SSSR count). The number of carbonyl (C=O) groups excluding carboxylic acids is 1. The number of fused-ring (bicyclic) bond motifs is 1. The maximum Gasteiger partial charge on any atom is 0.264 e. The molecule has 1 saturated heterocycles. The topological polar surface area (TPSA) is 33.2 Å². The van der Waals surface area contributed by atoms with Crippen LogP contribution in [0.3, 0.4) is 0 Å². The molecule has 1 fully saturated rings. The molecule has 24 heavy (non-hydrogen) atoms. The van der Waals surface area contributed by atoms with Crippen molar-refractivity contribution in [3.05, 3.63) is 64.2 Å². The molecule has 4 heteroatoms. The fourth-order valence-electron chi connectivity index (χ4n) is 3.53. The SMILES string of the molecule is Cc1cc(C)c2cc(C(=O)N3CCC(c4ccccc4)C3)sc2n1. The lowest BCUT2D eigenvalue weighted by molar-refractivity contribution is 0.0795. The average molecular weight is 336 g/mol. The van der Waals surface area contributed by atoms with Gasteiger partial charge in [-0.2, -0.15) is 0 Å². The van der Waals surface area contributed by atoms with Crippen molar-refractivity contribution >= 4 is 27.5 Å². The highest BCUT2D eigenvalue weighted by Crippen LogP contribution is 2.32. The number of amides is 1. The van der Waals surface area contributed by atoms with E-state index in [9.17, 15) is 4.79 Å². The maximum absolute atomic E-state index is 12.9. The number of aryl methyl sites for hydroxylation is 2. The van der Waals surface area contributed by atoms with Crippen molar-refractivity contribution in [3.63, 3.8) is 0 Å². The van der Waals surface area contributed by atoms with Gasteiger partial charge in [0.05, 0.1) is 4.88 Å². The summed E-state index contributed by atoms with van der Waals surface area (Å²) in [5, 5.41) is 1.10. The van der Waals surface area contributed by atoms with Gasteiger partial charge in [0.1, 0.15) is 4.83 Å². The van der Waals surface area contributed by atoms with Crippen molar-refractivity contribution in [2.24, 2.45) is 0 Å². The lowest BCUT2D eigenvalue weighted by atomic mass is 9.99. The maximum atomic E-state index is 12.9. The molecule has 1 aliphatic rings. The Bertz CT molecular complexity index is 901. The molecule has 3 nitrogen and oxygen atoms in total. The Morgan fingerprint density at radius 3 is 2.79 bits per heavy atom. The van der Waals surface area contributed by atoms with Gasteiger partial charge in [-0.05, 0) is 43.5 Å². The molecule has 1 unspecified atom stereocenters. The third-order valence-corrected chi connectivity index (χ3v) is 5.81. The van der Waals surface area contributed by atoms with Gasteiger partial charge in [0.2, 0.25) is 0 Å². The van der Waals surface area contributed by atoms with E-state index < -0.39 is 0 Å². The van der Waals surface area contributed by atoms with E-state index in [1.165, 1.54) is 22.5 Å². The molecule has 122 valence electrons. The van der Waals surface area contributed by atoms with Gasteiger partial charge in [-0.15, -0.1) is 11.3 Å². The summed E-state index contributed by atoms with van der Waals surface area (Å²) >= 11 is 1.52. The molecule has 3 aromatic rings. The molecule has 0 aliphatic carbocycles. The van der Waals surface area contributed by atoms with Crippen LogP contribution in [0.4, 0.5) is 0 Å². The molecule has 1 amide bonds. The zero-order valence-electron chi connectivity index (χ0n) is 14.0. The molecule has 1 aromatic carbocycles. The van der Waals surface area contributed by atoms with E-state index in [0.717, 1.165) is 40.3 Å². The Balaban J connectivity index is 1.57. The van der Waals surface area contributed by atoms with Crippen LogP contribution in [0, 0.1) is 13.8 Å². The molecule has 0 radical (unpaired) electrons. The first kappa shape index (κ1) is 15.3. The number of benzene rings is 1. The average Bonchev–Trinajstić information content (AvgIpc) is 3.22. The van der Waals surface area contributed by atoms with E-state index in [1.54, 1.807) is 0 Å². The van der Waals surface area contributed by atoms with Crippen LogP contribution in [0.5, 0.6) is 0 Å². The van der Waals surface area contributed by atoms with Gasteiger partial charge in [0.25, 0.3) is 5.91 Å². The lowest BCUT2D eigenvalue weighted by Gasteiger charge is -2.15. The second-order valence-electron chi connectivity index (χ2n) is 6.56. The normalized spacial score (nSPS) is 17.6. The summed E-state index contributed by atoms with van der Waals surface area (Å²) in [5.41, 5.74) is 3.53. The minimum absolute atomic E-state index is 0.147. The van der Waals surface area contributed by atoms with Crippen molar-refractivity contribution in [2.75, 3.05) is 13.1 Å². The van der Waals surface area contributed by atoms with Crippen molar-refractivity contribution in [1.82, 2.24) is 9.88 Å². The number of hydrogen-bond donors (Lipinski definition) is 0. The second kappa shape index (κ2) is 6.02. The van der Waals surface area contributed by atoms with Crippen LogP contribution < -0.4 is 0 Å². The molecule has 0 N–H and O–H groups in total. The largest absolute Gasteiger partial charge is 0.337 e. The van der Waals surface area contributed by atoms with Crippen LogP contribution in [0.25, 0.3) is 10.2 Å². The van der Waals surface area contributed by atoms with Gasteiger partial charge in [-0.25, -0.2) is 4.98 Å². The minimum Gasteiger partial charge on any atom is -0.337 e. The third kappa shape index (κ3) is 2.71. The van der Waals surface area contributed by atoms with Crippen molar-refractivity contribution in [2.45, 2.75) is 26.2 Å². The van der Waals surface area contributed by atoms with Crippen molar-refractivity contribution in [3.8, 4) is 0 Å². The predicted molar refractivity (Wildman–Crippen MR) is 98.8 cm³/mol. The van der Waals surface area contributed by atoms with E-state index in [1.807, 2.05) is 24.0 Å². The smallest absolute Gasteiger partial charge is 0.264 e. The van der Waals surface area contributed by atoms with Crippen LogP contribution in [0.15, 0.2) is 42.5 Å². The van der Waals surface area contributed by atoms with E-state index >= 15 is 0 Å². The zero-order valence-corrected chi connectivity index (χ0v) is 14.8. The molecule has 0 saturated carbocycles. The highest BCUT2D eigenvalue weighted by atomic mass is 32.1. The van der Waals surface area contributed by atoms with Gasteiger partial charge in [0.15, 0.2) is 0 Å². The third-order valence-electron chi connectivity index (χ3n) is 4.80. The Labute approximate surface area is 146 Å². The Morgan fingerprint density at radius 2 is 2.00 bits per heavy atom. The number of aromatic nitrogens is 1. The molecule has 0 spiro atoms. The first-order valence-electron chi connectivity index (χ1n) is 8.34. The minimum atomic E-state index is 0.147. The van der Waals surface area contributed by atoms with E-state index in [4.69, 9.17) is 0 Å². The van der Waals surface area contributed by atoms with E-state index in [-0.39, 0.29) is 5.91 Å². The first-order chi connectivity index (χ1) is 11.6. The number of thiophene rings is 1. The monoisotopic (exact) mass is 336 g/mol. The quantitative estimate of drug-likeness (QED) is 0.688. The number of nitrogens with zero attached hydrogens (tertiary/aromatic N) is 2. The van der Waals surface area contributed by atoms with Gasteiger partial charge in [-0.3, -0.25) is 4.79 Å². The molecular formula is C20H20N2OS. The van der Waals surface area contributed by atoms with Crippen molar-refractivity contribution < 1.29 is 4.79 Å². The first-order valence-corrected chi connectivity index (χ1v) is 9.15. The Morgan fingerprint density at radius 1 is 1.21 bits per heavy atom. The van der Waals surface area contributed by atoms with E-state index in [0.29, 0.717) is 5.92 Å². The molecule has 0 bridgehead atoms. The van der Waals surface area contributed by atoms with Crippen molar-refractivity contribution in [1.29, 1.82) is 0 Å². The highest BCUT2D eigenvalue weighted by Gasteiger charge is 2.28. The summed E-state index contributed by atoms with van der Waals surface area (Å²) in [4.78, 5) is 21.2.